The Bertz CT molecular complexity index is 423. The summed E-state index contributed by atoms with van der Waals surface area (Å²) in [5.74, 6) is -0.119. The van der Waals surface area contributed by atoms with Gasteiger partial charge in [0.05, 0.1) is 18.0 Å². The first-order valence-electron chi connectivity index (χ1n) is 5.74. The van der Waals surface area contributed by atoms with Crippen molar-refractivity contribution >= 4 is 36.4 Å². The first-order chi connectivity index (χ1) is 8.16. The summed E-state index contributed by atoms with van der Waals surface area (Å²) < 4.78 is 5.38. The lowest BCUT2D eigenvalue weighted by molar-refractivity contribution is -0.128. The maximum Gasteiger partial charge on any atom is 0.254 e. The Morgan fingerprint density at radius 1 is 1.42 bits per heavy atom. The predicted octanol–water partition coefficient (Wildman–Crippen LogP) is 1.47. The summed E-state index contributed by atoms with van der Waals surface area (Å²) in [7, 11) is 0. The largest absolute Gasteiger partial charge is 0.366 e. The van der Waals surface area contributed by atoms with Crippen LogP contribution in [0.5, 0.6) is 0 Å². The van der Waals surface area contributed by atoms with Crippen LogP contribution in [0, 0.1) is 13.8 Å². The Hall–Kier alpha value is -0.880. The number of aryl methyl sites for hydroxylation is 2. The highest BCUT2D eigenvalue weighted by Crippen LogP contribution is 2.13. The Morgan fingerprint density at radius 2 is 2.16 bits per heavy atom. The zero-order valence-corrected chi connectivity index (χ0v) is 12.6. The van der Waals surface area contributed by atoms with Crippen LogP contribution in [0.15, 0.2) is 12.1 Å². The fourth-order valence-electron chi connectivity index (χ4n) is 1.77. The van der Waals surface area contributed by atoms with E-state index < -0.39 is 6.10 Å². The molecule has 2 rings (SSSR count). The van der Waals surface area contributed by atoms with Gasteiger partial charge in [0, 0.05) is 18.8 Å². The molecule has 0 unspecified atom stereocenters. The first kappa shape index (κ1) is 18.1. The number of carbonyl (C=O) groups excluding carboxylic acids is 1. The van der Waals surface area contributed by atoms with E-state index >= 15 is 0 Å². The highest BCUT2D eigenvalue weighted by molar-refractivity contribution is 5.94. The van der Waals surface area contributed by atoms with Gasteiger partial charge >= 0.3 is 0 Å². The van der Waals surface area contributed by atoms with E-state index in [0.29, 0.717) is 13.2 Å². The SMILES string of the molecule is Cc1ccc(NC(=O)[C@H]2CNCCO2)c(C)n1.Cl.Cl. The Balaban J connectivity index is 0.00000162. The minimum atomic E-state index is -0.413. The van der Waals surface area contributed by atoms with Crippen LogP contribution in [-0.2, 0) is 9.53 Å². The molecule has 2 heterocycles. The monoisotopic (exact) mass is 307 g/mol. The zero-order chi connectivity index (χ0) is 12.3. The van der Waals surface area contributed by atoms with Crippen molar-refractivity contribution in [2.24, 2.45) is 0 Å². The third-order valence-electron chi connectivity index (χ3n) is 2.70. The number of carbonyl (C=O) groups is 1. The molecule has 1 aromatic heterocycles. The third-order valence-corrected chi connectivity index (χ3v) is 2.70. The molecule has 0 aromatic carbocycles. The molecule has 7 heteroatoms. The molecule has 19 heavy (non-hydrogen) atoms. The second kappa shape index (κ2) is 8.32. The number of morpholine rings is 1. The summed E-state index contributed by atoms with van der Waals surface area (Å²) >= 11 is 0. The summed E-state index contributed by atoms with van der Waals surface area (Å²) in [5, 5.41) is 5.96. The fraction of sp³-hybridized carbons (Fsp3) is 0.500. The van der Waals surface area contributed by atoms with Crippen LogP contribution in [0.1, 0.15) is 11.4 Å². The van der Waals surface area contributed by atoms with E-state index in [1.165, 1.54) is 0 Å². The average molecular weight is 308 g/mol. The molecule has 2 N–H and O–H groups in total. The number of rotatable bonds is 2. The highest BCUT2D eigenvalue weighted by atomic mass is 35.5. The minimum absolute atomic E-state index is 0. The molecule has 1 atom stereocenters. The van der Waals surface area contributed by atoms with Gasteiger partial charge in [-0.15, -0.1) is 24.8 Å². The first-order valence-corrected chi connectivity index (χ1v) is 5.74. The second-order valence-corrected chi connectivity index (χ2v) is 4.14. The van der Waals surface area contributed by atoms with E-state index in [2.05, 4.69) is 15.6 Å². The smallest absolute Gasteiger partial charge is 0.254 e. The van der Waals surface area contributed by atoms with E-state index in [0.717, 1.165) is 23.6 Å². The summed E-state index contributed by atoms with van der Waals surface area (Å²) in [4.78, 5) is 16.2. The van der Waals surface area contributed by atoms with E-state index in [4.69, 9.17) is 4.74 Å². The van der Waals surface area contributed by atoms with Crippen molar-refractivity contribution in [3.8, 4) is 0 Å². The van der Waals surface area contributed by atoms with Crippen LogP contribution in [0.2, 0.25) is 0 Å². The molecule has 1 fully saturated rings. The maximum atomic E-state index is 11.9. The van der Waals surface area contributed by atoms with Crippen LogP contribution in [0.3, 0.4) is 0 Å². The van der Waals surface area contributed by atoms with Crippen LogP contribution in [-0.4, -0.2) is 36.7 Å². The fourth-order valence-corrected chi connectivity index (χ4v) is 1.77. The number of ether oxygens (including phenoxy) is 1. The quantitative estimate of drug-likeness (QED) is 0.868. The molecule has 1 aliphatic rings. The number of nitrogens with one attached hydrogen (secondary N) is 2. The lowest BCUT2D eigenvalue weighted by Gasteiger charge is -2.23. The van der Waals surface area contributed by atoms with Gasteiger partial charge in [0.15, 0.2) is 0 Å². The third kappa shape index (κ3) is 4.95. The number of aromatic nitrogens is 1. The van der Waals surface area contributed by atoms with Gasteiger partial charge in [0.1, 0.15) is 6.10 Å². The Kier molecular flexibility index (Phi) is 7.94. The van der Waals surface area contributed by atoms with Gasteiger partial charge < -0.3 is 15.4 Å². The van der Waals surface area contributed by atoms with Gasteiger partial charge in [-0.25, -0.2) is 0 Å². The molecule has 0 aliphatic carbocycles. The molecule has 1 aromatic rings. The van der Waals surface area contributed by atoms with Crippen molar-refractivity contribution < 1.29 is 9.53 Å². The van der Waals surface area contributed by atoms with Gasteiger partial charge in [-0.1, -0.05) is 0 Å². The zero-order valence-electron chi connectivity index (χ0n) is 10.9. The number of amides is 1. The topological polar surface area (TPSA) is 63.2 Å². The molecule has 5 nitrogen and oxygen atoms in total. The van der Waals surface area contributed by atoms with Crippen molar-refractivity contribution in [3.05, 3.63) is 23.5 Å². The Labute approximate surface area is 125 Å². The predicted molar refractivity (Wildman–Crippen MR) is 79.4 cm³/mol. The molecule has 0 saturated carbocycles. The van der Waals surface area contributed by atoms with Gasteiger partial charge in [-0.2, -0.15) is 0 Å². The number of halogens is 2. The van der Waals surface area contributed by atoms with E-state index in [-0.39, 0.29) is 30.7 Å². The molecule has 1 aliphatic heterocycles. The van der Waals surface area contributed by atoms with Gasteiger partial charge in [-0.3, -0.25) is 9.78 Å². The summed E-state index contributed by atoms with van der Waals surface area (Å²) in [6.07, 6.45) is -0.413. The van der Waals surface area contributed by atoms with Crippen molar-refractivity contribution in [3.63, 3.8) is 0 Å². The number of anilines is 1. The number of pyridine rings is 1. The van der Waals surface area contributed by atoms with Crippen LogP contribution in [0.25, 0.3) is 0 Å². The molecular weight excluding hydrogens is 289 g/mol. The minimum Gasteiger partial charge on any atom is -0.366 e. The molecule has 0 bridgehead atoms. The van der Waals surface area contributed by atoms with E-state index in [1.54, 1.807) is 0 Å². The molecule has 108 valence electrons. The molecular formula is C12H19Cl2N3O2. The summed E-state index contributed by atoms with van der Waals surface area (Å²) in [5.41, 5.74) is 2.51. The van der Waals surface area contributed by atoms with Crippen molar-refractivity contribution in [2.75, 3.05) is 25.0 Å². The van der Waals surface area contributed by atoms with E-state index in [1.807, 2.05) is 26.0 Å². The highest BCUT2D eigenvalue weighted by Gasteiger charge is 2.22. The maximum absolute atomic E-state index is 11.9. The number of hydrogen-bond acceptors (Lipinski definition) is 4. The number of nitrogens with zero attached hydrogens (tertiary/aromatic N) is 1. The summed E-state index contributed by atoms with van der Waals surface area (Å²) in [6.45, 7) is 5.73. The van der Waals surface area contributed by atoms with Gasteiger partial charge in [0.2, 0.25) is 0 Å². The Morgan fingerprint density at radius 3 is 2.74 bits per heavy atom. The van der Waals surface area contributed by atoms with Gasteiger partial charge in [-0.05, 0) is 26.0 Å². The van der Waals surface area contributed by atoms with Crippen LogP contribution >= 0.6 is 24.8 Å². The average Bonchev–Trinajstić information content (AvgIpc) is 2.34. The van der Waals surface area contributed by atoms with Gasteiger partial charge in [0.25, 0.3) is 5.91 Å². The standard InChI is InChI=1S/C12H17N3O2.2ClH/c1-8-3-4-10(9(2)14-8)15-12(16)11-7-13-5-6-17-11;;/h3-4,11,13H,5-7H2,1-2H3,(H,15,16);2*1H/t11-;;/m1../s1. The van der Waals surface area contributed by atoms with Crippen LogP contribution < -0.4 is 10.6 Å². The lowest BCUT2D eigenvalue weighted by atomic mass is 10.2. The van der Waals surface area contributed by atoms with Crippen molar-refractivity contribution in [1.29, 1.82) is 0 Å². The number of hydrogen-bond donors (Lipinski definition) is 2. The molecule has 1 saturated heterocycles. The summed E-state index contributed by atoms with van der Waals surface area (Å²) in [6, 6.07) is 3.74. The lowest BCUT2D eigenvalue weighted by Crippen LogP contribution is -2.45. The van der Waals surface area contributed by atoms with Crippen LogP contribution in [0.4, 0.5) is 5.69 Å². The van der Waals surface area contributed by atoms with Crippen molar-refractivity contribution in [1.82, 2.24) is 10.3 Å². The second-order valence-electron chi connectivity index (χ2n) is 4.14. The van der Waals surface area contributed by atoms with E-state index in [9.17, 15) is 4.79 Å². The normalized spacial score (nSPS) is 17.9. The van der Waals surface area contributed by atoms with Crippen molar-refractivity contribution in [2.45, 2.75) is 20.0 Å². The molecule has 1 amide bonds. The molecule has 0 spiro atoms. The molecule has 0 radical (unpaired) electrons.